The third kappa shape index (κ3) is 2.83. The SMILES string of the molecule is COc1cc(Cl)cc2cc(C(=O)N3CCn4nc([C@@H](C)O)cc4C3)oc12. The maximum atomic E-state index is 12.9. The Morgan fingerprint density at radius 3 is 2.88 bits per heavy atom. The molecule has 136 valence electrons. The van der Waals surface area contributed by atoms with Gasteiger partial charge in [-0.25, -0.2) is 0 Å². The van der Waals surface area contributed by atoms with Crippen LogP contribution in [0.15, 0.2) is 28.7 Å². The molecule has 2 aromatic heterocycles. The summed E-state index contributed by atoms with van der Waals surface area (Å²) in [6.45, 7) is 3.17. The number of halogens is 1. The van der Waals surface area contributed by atoms with Gasteiger partial charge in [0.1, 0.15) is 0 Å². The highest BCUT2D eigenvalue weighted by molar-refractivity contribution is 6.31. The highest BCUT2D eigenvalue weighted by atomic mass is 35.5. The Hall–Kier alpha value is -2.51. The molecule has 1 aliphatic heterocycles. The molecule has 1 N–H and O–H groups in total. The van der Waals surface area contributed by atoms with E-state index in [-0.39, 0.29) is 11.7 Å². The minimum Gasteiger partial charge on any atom is -0.493 e. The first-order chi connectivity index (χ1) is 12.5. The fourth-order valence-electron chi connectivity index (χ4n) is 3.16. The van der Waals surface area contributed by atoms with Crippen LogP contribution in [0.2, 0.25) is 5.02 Å². The molecule has 0 unspecified atom stereocenters. The van der Waals surface area contributed by atoms with E-state index < -0.39 is 6.10 Å². The summed E-state index contributed by atoms with van der Waals surface area (Å²) in [6, 6.07) is 6.89. The zero-order valence-corrected chi connectivity index (χ0v) is 15.2. The maximum Gasteiger partial charge on any atom is 0.290 e. The molecule has 1 aliphatic rings. The average molecular weight is 376 g/mol. The molecule has 0 saturated heterocycles. The topological polar surface area (TPSA) is 80.7 Å². The number of aliphatic hydroxyl groups is 1. The molecule has 0 aliphatic carbocycles. The summed E-state index contributed by atoms with van der Waals surface area (Å²) in [5, 5.41) is 15.3. The lowest BCUT2D eigenvalue weighted by molar-refractivity contribution is 0.0675. The number of furan rings is 1. The molecule has 8 heteroatoms. The van der Waals surface area contributed by atoms with Crippen molar-refractivity contribution in [1.29, 1.82) is 0 Å². The number of rotatable bonds is 3. The van der Waals surface area contributed by atoms with E-state index in [9.17, 15) is 9.90 Å². The predicted molar refractivity (Wildman–Crippen MR) is 95.4 cm³/mol. The summed E-state index contributed by atoms with van der Waals surface area (Å²) in [6.07, 6.45) is -0.634. The number of benzene rings is 1. The Balaban J connectivity index is 1.63. The lowest BCUT2D eigenvalue weighted by Gasteiger charge is -2.26. The third-order valence-corrected chi connectivity index (χ3v) is 4.73. The first-order valence-electron chi connectivity index (χ1n) is 8.27. The van der Waals surface area contributed by atoms with E-state index in [2.05, 4.69) is 5.10 Å². The van der Waals surface area contributed by atoms with E-state index in [4.69, 9.17) is 20.8 Å². The van der Waals surface area contributed by atoms with Gasteiger partial charge < -0.3 is 19.2 Å². The van der Waals surface area contributed by atoms with E-state index in [1.165, 1.54) is 7.11 Å². The molecule has 0 fully saturated rings. The number of aromatic nitrogens is 2. The molecule has 7 nitrogen and oxygen atoms in total. The van der Waals surface area contributed by atoms with Gasteiger partial charge in [0.05, 0.1) is 37.7 Å². The van der Waals surface area contributed by atoms with Gasteiger partial charge in [-0.3, -0.25) is 9.48 Å². The van der Waals surface area contributed by atoms with Gasteiger partial charge in [0.15, 0.2) is 17.1 Å². The number of carbonyl (C=O) groups excluding carboxylic acids is 1. The summed E-state index contributed by atoms with van der Waals surface area (Å²) < 4.78 is 12.9. The van der Waals surface area contributed by atoms with Crippen LogP contribution in [0.4, 0.5) is 0 Å². The fourth-order valence-corrected chi connectivity index (χ4v) is 3.38. The number of aliphatic hydroxyl groups excluding tert-OH is 1. The molecule has 0 saturated carbocycles. The van der Waals surface area contributed by atoms with Crippen molar-refractivity contribution in [3.63, 3.8) is 0 Å². The Kier molecular flexibility index (Phi) is 4.13. The smallest absolute Gasteiger partial charge is 0.290 e. The van der Waals surface area contributed by atoms with Crippen LogP contribution in [0, 0.1) is 0 Å². The van der Waals surface area contributed by atoms with Crippen molar-refractivity contribution in [3.05, 3.63) is 46.4 Å². The Morgan fingerprint density at radius 1 is 1.35 bits per heavy atom. The summed E-state index contributed by atoms with van der Waals surface area (Å²) in [7, 11) is 1.53. The number of fused-ring (bicyclic) bond motifs is 2. The van der Waals surface area contributed by atoms with Crippen LogP contribution < -0.4 is 4.74 Å². The van der Waals surface area contributed by atoms with E-state index in [0.29, 0.717) is 41.7 Å². The fraction of sp³-hybridized carbons (Fsp3) is 0.333. The first kappa shape index (κ1) is 16.9. The average Bonchev–Trinajstić information content (AvgIpc) is 3.23. The van der Waals surface area contributed by atoms with Crippen molar-refractivity contribution in [3.8, 4) is 5.75 Å². The van der Waals surface area contributed by atoms with Crippen molar-refractivity contribution in [2.45, 2.75) is 26.1 Å². The second-order valence-electron chi connectivity index (χ2n) is 6.32. The van der Waals surface area contributed by atoms with Gasteiger partial charge in [0.25, 0.3) is 5.91 Å². The van der Waals surface area contributed by atoms with Crippen molar-refractivity contribution in [2.75, 3.05) is 13.7 Å². The summed E-state index contributed by atoms with van der Waals surface area (Å²) in [5.41, 5.74) is 1.99. The van der Waals surface area contributed by atoms with Gasteiger partial charge in [0.2, 0.25) is 0 Å². The highest BCUT2D eigenvalue weighted by Gasteiger charge is 2.26. The monoisotopic (exact) mass is 375 g/mol. The van der Waals surface area contributed by atoms with Crippen LogP contribution in [0.1, 0.15) is 35.0 Å². The maximum absolute atomic E-state index is 12.9. The zero-order chi connectivity index (χ0) is 18.4. The Morgan fingerprint density at radius 2 is 2.15 bits per heavy atom. The van der Waals surface area contributed by atoms with Crippen LogP contribution in [0.25, 0.3) is 11.0 Å². The van der Waals surface area contributed by atoms with Crippen molar-refractivity contribution < 1.29 is 19.1 Å². The Bertz CT molecular complexity index is 992. The number of carbonyl (C=O) groups is 1. The minimum atomic E-state index is -0.634. The quantitative estimate of drug-likeness (QED) is 0.761. The summed E-state index contributed by atoms with van der Waals surface area (Å²) in [5.74, 6) is 0.527. The number of methoxy groups -OCH3 is 1. The van der Waals surface area contributed by atoms with Crippen LogP contribution in [-0.2, 0) is 13.1 Å². The van der Waals surface area contributed by atoms with E-state index >= 15 is 0 Å². The normalized spacial score (nSPS) is 15.2. The molecule has 4 rings (SSSR count). The van der Waals surface area contributed by atoms with E-state index in [0.717, 1.165) is 11.1 Å². The molecule has 0 bridgehead atoms. The van der Waals surface area contributed by atoms with Gasteiger partial charge in [-0.05, 0) is 25.1 Å². The van der Waals surface area contributed by atoms with Gasteiger partial charge >= 0.3 is 0 Å². The number of nitrogens with zero attached hydrogens (tertiary/aromatic N) is 3. The summed E-state index contributed by atoms with van der Waals surface area (Å²) in [4.78, 5) is 14.6. The molecule has 1 aromatic carbocycles. The molecule has 3 aromatic rings. The molecule has 1 amide bonds. The van der Waals surface area contributed by atoms with Crippen molar-refractivity contribution in [1.82, 2.24) is 14.7 Å². The molecule has 26 heavy (non-hydrogen) atoms. The lowest BCUT2D eigenvalue weighted by atomic mass is 10.2. The second-order valence-corrected chi connectivity index (χ2v) is 6.76. The highest BCUT2D eigenvalue weighted by Crippen LogP contribution is 2.33. The number of hydrogen-bond acceptors (Lipinski definition) is 5. The molecule has 1 atom stereocenters. The minimum absolute atomic E-state index is 0.203. The third-order valence-electron chi connectivity index (χ3n) is 4.51. The number of amides is 1. The standard InChI is InChI=1S/C18H18ClN3O4/c1-10(23)14-8-13-9-21(3-4-22(13)20-14)18(24)16-6-11-5-12(19)7-15(25-2)17(11)26-16/h5-8,10,23H,3-4,9H2,1-2H3/t10-/m1/s1. The van der Waals surface area contributed by atoms with Gasteiger partial charge in [-0.2, -0.15) is 5.10 Å². The first-order valence-corrected chi connectivity index (χ1v) is 8.65. The van der Waals surface area contributed by atoms with Crippen LogP contribution in [-0.4, -0.2) is 39.3 Å². The molecular weight excluding hydrogens is 358 g/mol. The van der Waals surface area contributed by atoms with Crippen molar-refractivity contribution in [2.24, 2.45) is 0 Å². The van der Waals surface area contributed by atoms with Gasteiger partial charge in [-0.1, -0.05) is 11.6 Å². The Labute approximate surface area is 154 Å². The predicted octanol–water partition coefficient (Wildman–Crippen LogP) is 3.00. The largest absolute Gasteiger partial charge is 0.493 e. The number of hydrogen-bond donors (Lipinski definition) is 1. The van der Waals surface area contributed by atoms with Gasteiger partial charge in [-0.15, -0.1) is 0 Å². The second kappa shape index (κ2) is 6.34. The molecule has 0 spiro atoms. The van der Waals surface area contributed by atoms with E-state index in [1.807, 2.05) is 10.7 Å². The molecular formula is C18H18ClN3O4. The number of ether oxygens (including phenoxy) is 1. The van der Waals surface area contributed by atoms with Crippen LogP contribution in [0.3, 0.4) is 0 Å². The summed E-state index contributed by atoms with van der Waals surface area (Å²) >= 11 is 6.08. The van der Waals surface area contributed by atoms with E-state index in [1.54, 1.807) is 30.0 Å². The van der Waals surface area contributed by atoms with Gasteiger partial charge in [0, 0.05) is 23.0 Å². The molecule has 0 radical (unpaired) electrons. The zero-order valence-electron chi connectivity index (χ0n) is 14.4. The van der Waals surface area contributed by atoms with Crippen LogP contribution >= 0.6 is 11.6 Å². The van der Waals surface area contributed by atoms with Crippen LogP contribution in [0.5, 0.6) is 5.75 Å². The molecule has 3 heterocycles. The van der Waals surface area contributed by atoms with Crippen molar-refractivity contribution >= 4 is 28.5 Å². The lowest BCUT2D eigenvalue weighted by Crippen LogP contribution is -2.38.